The summed E-state index contributed by atoms with van der Waals surface area (Å²) in [6, 6.07) is 4.41. The van der Waals surface area contributed by atoms with E-state index in [2.05, 4.69) is 10.0 Å². The zero-order valence-corrected chi connectivity index (χ0v) is 12.6. The highest BCUT2D eigenvalue weighted by molar-refractivity contribution is 5.92. The Balaban J connectivity index is 1.77. The SMILES string of the molecule is [N-]=[N+]=NC[C@H]1CN(c2ccc(N3C=CC(=O)CC3)c(F)c2)C(=O)O1. The first kappa shape index (κ1) is 15.8. The molecule has 1 saturated heterocycles. The predicted molar refractivity (Wildman–Crippen MR) is 84.1 cm³/mol. The van der Waals surface area contributed by atoms with Crippen LogP contribution in [-0.2, 0) is 9.53 Å². The zero-order chi connectivity index (χ0) is 17.1. The molecule has 9 heteroatoms. The molecule has 1 aromatic rings. The van der Waals surface area contributed by atoms with Gasteiger partial charge in [0, 0.05) is 24.1 Å². The van der Waals surface area contributed by atoms with Crippen LogP contribution in [0.5, 0.6) is 0 Å². The van der Waals surface area contributed by atoms with Gasteiger partial charge in [-0.1, -0.05) is 5.11 Å². The maximum atomic E-state index is 14.4. The maximum Gasteiger partial charge on any atom is 0.414 e. The first-order valence-corrected chi connectivity index (χ1v) is 7.34. The quantitative estimate of drug-likeness (QED) is 0.481. The zero-order valence-electron chi connectivity index (χ0n) is 12.6. The molecule has 2 aliphatic rings. The molecule has 0 unspecified atom stereocenters. The molecule has 0 N–H and O–H groups in total. The van der Waals surface area contributed by atoms with Crippen molar-refractivity contribution < 1.29 is 18.7 Å². The van der Waals surface area contributed by atoms with Gasteiger partial charge in [-0.2, -0.15) is 0 Å². The molecule has 0 aromatic heterocycles. The van der Waals surface area contributed by atoms with Gasteiger partial charge >= 0.3 is 6.09 Å². The van der Waals surface area contributed by atoms with Crippen molar-refractivity contribution in [1.29, 1.82) is 0 Å². The van der Waals surface area contributed by atoms with Crippen molar-refractivity contribution in [2.24, 2.45) is 5.11 Å². The number of azide groups is 1. The number of ketones is 1. The van der Waals surface area contributed by atoms with Gasteiger partial charge in [0.2, 0.25) is 0 Å². The maximum absolute atomic E-state index is 14.4. The number of anilines is 2. The number of amides is 1. The molecule has 2 heterocycles. The average molecular weight is 331 g/mol. The second kappa shape index (κ2) is 6.59. The lowest BCUT2D eigenvalue weighted by Crippen LogP contribution is -2.27. The number of hydrogen-bond acceptors (Lipinski definition) is 5. The summed E-state index contributed by atoms with van der Waals surface area (Å²) in [4.78, 5) is 28.6. The van der Waals surface area contributed by atoms with E-state index in [9.17, 15) is 14.0 Å². The third-order valence-corrected chi connectivity index (χ3v) is 3.81. The first-order valence-electron chi connectivity index (χ1n) is 7.34. The lowest BCUT2D eigenvalue weighted by atomic mass is 10.1. The Hall–Kier alpha value is -3.06. The van der Waals surface area contributed by atoms with Gasteiger partial charge in [0.1, 0.15) is 11.9 Å². The topological polar surface area (TPSA) is 98.6 Å². The molecule has 0 bridgehead atoms. The van der Waals surface area contributed by atoms with E-state index in [0.29, 0.717) is 24.3 Å². The monoisotopic (exact) mass is 331 g/mol. The first-order chi connectivity index (χ1) is 11.6. The standard InChI is InChI=1S/C15H14FN5O3/c16-13-7-10(21-9-12(8-18-19-17)24-15(21)23)1-2-14(13)20-5-3-11(22)4-6-20/h1-3,5,7,12H,4,6,8-9H2/t12-/m0/s1. The molecule has 1 amide bonds. The lowest BCUT2D eigenvalue weighted by molar-refractivity contribution is -0.114. The Labute approximate surface area is 136 Å². The fourth-order valence-electron chi connectivity index (χ4n) is 2.61. The summed E-state index contributed by atoms with van der Waals surface area (Å²) in [5, 5.41) is 3.38. The van der Waals surface area contributed by atoms with Crippen LogP contribution < -0.4 is 9.80 Å². The summed E-state index contributed by atoms with van der Waals surface area (Å²) in [6.07, 6.45) is 2.13. The van der Waals surface area contributed by atoms with Crippen molar-refractivity contribution in [3.8, 4) is 0 Å². The van der Waals surface area contributed by atoms with Gasteiger partial charge < -0.3 is 9.64 Å². The van der Waals surface area contributed by atoms with Crippen molar-refractivity contribution in [2.75, 3.05) is 29.4 Å². The number of benzene rings is 1. The molecule has 2 aliphatic heterocycles. The molecule has 0 radical (unpaired) electrons. The smallest absolute Gasteiger partial charge is 0.414 e. The number of ether oxygens (including phenoxy) is 1. The minimum Gasteiger partial charge on any atom is -0.444 e. The minimum absolute atomic E-state index is 0.00848. The second-order valence-corrected chi connectivity index (χ2v) is 5.39. The van der Waals surface area contributed by atoms with Gasteiger partial charge in [0.05, 0.1) is 24.5 Å². The normalized spacial score (nSPS) is 20.1. The number of carbonyl (C=O) groups excluding carboxylic acids is 2. The molecule has 8 nitrogen and oxygen atoms in total. The molecule has 1 fully saturated rings. The van der Waals surface area contributed by atoms with Crippen LogP contribution in [-0.4, -0.2) is 37.6 Å². The van der Waals surface area contributed by atoms with Gasteiger partial charge in [0.25, 0.3) is 0 Å². The Morgan fingerprint density at radius 1 is 1.42 bits per heavy atom. The van der Waals surface area contributed by atoms with E-state index in [1.54, 1.807) is 23.2 Å². The van der Waals surface area contributed by atoms with Crippen LogP contribution in [0.4, 0.5) is 20.6 Å². The summed E-state index contributed by atoms with van der Waals surface area (Å²) in [5.74, 6) is -0.494. The van der Waals surface area contributed by atoms with Crippen LogP contribution in [0, 0.1) is 5.82 Å². The van der Waals surface area contributed by atoms with E-state index in [-0.39, 0.29) is 18.9 Å². The number of rotatable bonds is 4. The van der Waals surface area contributed by atoms with Gasteiger partial charge in [-0.3, -0.25) is 9.69 Å². The Bertz CT molecular complexity index is 759. The highest BCUT2D eigenvalue weighted by atomic mass is 19.1. The predicted octanol–water partition coefficient (Wildman–Crippen LogP) is 2.75. The van der Waals surface area contributed by atoms with E-state index >= 15 is 0 Å². The summed E-state index contributed by atoms with van der Waals surface area (Å²) < 4.78 is 19.5. The molecule has 1 atom stereocenters. The van der Waals surface area contributed by atoms with E-state index in [4.69, 9.17) is 10.3 Å². The van der Waals surface area contributed by atoms with Crippen LogP contribution in [0.3, 0.4) is 0 Å². The summed E-state index contributed by atoms with van der Waals surface area (Å²) in [5.41, 5.74) is 9.00. The molecule has 0 spiro atoms. The minimum atomic E-state index is -0.608. The van der Waals surface area contributed by atoms with Crippen LogP contribution in [0.2, 0.25) is 0 Å². The fraction of sp³-hybridized carbons (Fsp3) is 0.333. The van der Waals surface area contributed by atoms with Crippen LogP contribution >= 0.6 is 0 Å². The average Bonchev–Trinajstić information content (AvgIpc) is 2.95. The second-order valence-electron chi connectivity index (χ2n) is 5.39. The number of cyclic esters (lactones) is 1. The van der Waals surface area contributed by atoms with E-state index in [1.165, 1.54) is 17.0 Å². The van der Waals surface area contributed by atoms with E-state index in [0.717, 1.165) is 0 Å². The van der Waals surface area contributed by atoms with Gasteiger partial charge in [-0.15, -0.1) is 0 Å². The van der Waals surface area contributed by atoms with Crippen LogP contribution in [0.25, 0.3) is 10.4 Å². The number of hydrogen-bond donors (Lipinski definition) is 0. The molecule has 3 rings (SSSR count). The van der Waals surface area contributed by atoms with E-state index in [1.807, 2.05) is 0 Å². The summed E-state index contributed by atoms with van der Waals surface area (Å²) >= 11 is 0. The van der Waals surface area contributed by atoms with Crippen molar-refractivity contribution in [3.05, 3.63) is 46.7 Å². The van der Waals surface area contributed by atoms with Crippen molar-refractivity contribution in [2.45, 2.75) is 12.5 Å². The summed E-state index contributed by atoms with van der Waals surface area (Å²) in [6.45, 7) is 0.631. The number of carbonyl (C=O) groups is 2. The third-order valence-electron chi connectivity index (χ3n) is 3.81. The molecule has 24 heavy (non-hydrogen) atoms. The number of nitrogens with zero attached hydrogens (tertiary/aromatic N) is 5. The molecule has 0 aliphatic carbocycles. The number of halogens is 1. The molecular formula is C15H14FN5O3. The lowest BCUT2D eigenvalue weighted by Gasteiger charge is -2.24. The fourth-order valence-corrected chi connectivity index (χ4v) is 2.61. The molecular weight excluding hydrogens is 317 g/mol. The van der Waals surface area contributed by atoms with Crippen molar-refractivity contribution in [1.82, 2.24) is 0 Å². The largest absolute Gasteiger partial charge is 0.444 e. The number of allylic oxidation sites excluding steroid dienone is 1. The van der Waals surface area contributed by atoms with Gasteiger partial charge in [-0.05, 0) is 29.8 Å². The van der Waals surface area contributed by atoms with Crippen molar-refractivity contribution in [3.63, 3.8) is 0 Å². The molecule has 124 valence electrons. The third kappa shape index (κ3) is 3.16. The highest BCUT2D eigenvalue weighted by Gasteiger charge is 2.32. The van der Waals surface area contributed by atoms with Crippen LogP contribution in [0.1, 0.15) is 6.42 Å². The van der Waals surface area contributed by atoms with Gasteiger partial charge in [0.15, 0.2) is 5.78 Å². The van der Waals surface area contributed by atoms with Crippen molar-refractivity contribution >= 4 is 23.3 Å². The van der Waals surface area contributed by atoms with Gasteiger partial charge in [-0.25, -0.2) is 9.18 Å². The highest BCUT2D eigenvalue weighted by Crippen LogP contribution is 2.29. The van der Waals surface area contributed by atoms with E-state index < -0.39 is 18.0 Å². The Kier molecular flexibility index (Phi) is 4.35. The summed E-state index contributed by atoms with van der Waals surface area (Å²) in [7, 11) is 0. The van der Waals surface area contributed by atoms with Crippen LogP contribution in [0.15, 0.2) is 35.6 Å². The molecule has 0 saturated carbocycles. The Morgan fingerprint density at radius 3 is 2.92 bits per heavy atom. The Morgan fingerprint density at radius 2 is 2.25 bits per heavy atom. The molecule has 1 aromatic carbocycles.